The molecule has 3 aromatic rings. The molecule has 0 fully saturated rings. The van der Waals surface area contributed by atoms with Crippen molar-refractivity contribution in [2.45, 2.75) is 57.0 Å². The number of carboxylic acids is 1. The molecule has 7 nitrogen and oxygen atoms in total. The summed E-state index contributed by atoms with van der Waals surface area (Å²) in [5.74, 6) is 0.0481. The Bertz CT molecular complexity index is 1390. The summed E-state index contributed by atoms with van der Waals surface area (Å²) in [6, 6.07) is 8.06. The fraction of sp³-hybridized carbons (Fsp3) is 0.393. The number of carboxylic acid groups (broad SMARTS) is 1. The van der Waals surface area contributed by atoms with Crippen molar-refractivity contribution in [3.8, 4) is 11.5 Å². The first-order valence-corrected chi connectivity index (χ1v) is 12.6. The first kappa shape index (κ1) is 24.7. The van der Waals surface area contributed by atoms with Gasteiger partial charge in [-0.25, -0.2) is 9.97 Å². The number of ether oxygens (including phenoxy) is 2. The number of hydrogen-bond acceptors (Lipinski definition) is 6. The van der Waals surface area contributed by atoms with Crippen LogP contribution in [-0.2, 0) is 36.9 Å². The molecule has 10 heteroatoms. The lowest BCUT2D eigenvalue weighted by Crippen LogP contribution is -2.32. The highest BCUT2D eigenvalue weighted by molar-refractivity contribution is 5.68. The van der Waals surface area contributed by atoms with E-state index < -0.39 is 17.7 Å². The highest BCUT2D eigenvalue weighted by Gasteiger charge is 2.38. The third-order valence-electron chi connectivity index (χ3n) is 7.66. The van der Waals surface area contributed by atoms with E-state index in [0.717, 1.165) is 22.4 Å². The van der Waals surface area contributed by atoms with Gasteiger partial charge in [0.1, 0.15) is 23.9 Å². The fourth-order valence-corrected chi connectivity index (χ4v) is 5.87. The molecule has 0 unspecified atom stereocenters. The number of carbonyl (C=O) groups is 1. The largest absolute Gasteiger partial charge is 0.492 e. The van der Waals surface area contributed by atoms with Crippen molar-refractivity contribution >= 4 is 5.97 Å². The van der Waals surface area contributed by atoms with Gasteiger partial charge in [0.15, 0.2) is 0 Å². The first-order chi connectivity index (χ1) is 18.3. The van der Waals surface area contributed by atoms with E-state index >= 15 is 0 Å². The number of hydrogen-bond donors (Lipinski definition) is 1. The number of halogens is 3. The summed E-state index contributed by atoms with van der Waals surface area (Å²) in [6.45, 7) is 1.63. The van der Waals surface area contributed by atoms with E-state index in [-0.39, 0.29) is 25.0 Å². The van der Waals surface area contributed by atoms with E-state index in [9.17, 15) is 18.0 Å². The van der Waals surface area contributed by atoms with Gasteiger partial charge in [0, 0.05) is 61.1 Å². The first-order valence-electron chi connectivity index (χ1n) is 12.6. The number of alkyl halides is 3. The van der Waals surface area contributed by atoms with E-state index in [0.29, 0.717) is 61.6 Å². The van der Waals surface area contributed by atoms with Crippen LogP contribution in [0.25, 0.3) is 0 Å². The Morgan fingerprint density at radius 3 is 2.84 bits per heavy atom. The van der Waals surface area contributed by atoms with E-state index in [1.165, 1.54) is 12.4 Å². The van der Waals surface area contributed by atoms with Crippen LogP contribution in [-0.4, -0.2) is 39.1 Å². The highest BCUT2D eigenvalue weighted by atomic mass is 19.4. The molecule has 0 amide bonds. The van der Waals surface area contributed by atoms with Gasteiger partial charge in [-0.05, 0) is 41.7 Å². The SMILES string of the molecule is O=C(O)C[C@@H]1COc2cc(O[C@@H]3CCc4c3ccc(C(F)(F)F)c4CN3CCc4ncncc4C3)ccc21. The second kappa shape index (κ2) is 9.58. The molecule has 0 radical (unpaired) electrons. The Kier molecular flexibility index (Phi) is 6.22. The molecular weight excluding hydrogens is 499 g/mol. The quantitative estimate of drug-likeness (QED) is 0.481. The van der Waals surface area contributed by atoms with Crippen LogP contribution < -0.4 is 9.47 Å². The molecule has 1 N–H and O–H groups in total. The molecule has 0 spiro atoms. The Morgan fingerprint density at radius 1 is 1.18 bits per heavy atom. The monoisotopic (exact) mass is 525 g/mol. The molecule has 1 aliphatic carbocycles. The maximum absolute atomic E-state index is 14.1. The van der Waals surface area contributed by atoms with Crippen molar-refractivity contribution in [1.29, 1.82) is 0 Å². The second-order valence-electron chi connectivity index (χ2n) is 10.1. The van der Waals surface area contributed by atoms with Crippen LogP contribution in [0.5, 0.6) is 11.5 Å². The molecule has 0 saturated heterocycles. The Labute approximate surface area is 217 Å². The number of aromatic nitrogens is 2. The number of benzene rings is 2. The van der Waals surface area contributed by atoms with Crippen molar-refractivity contribution < 1.29 is 32.5 Å². The van der Waals surface area contributed by atoms with Crippen LogP contribution in [0.2, 0.25) is 0 Å². The number of fused-ring (bicyclic) bond motifs is 3. The zero-order valence-electron chi connectivity index (χ0n) is 20.5. The van der Waals surface area contributed by atoms with Crippen LogP contribution >= 0.6 is 0 Å². The average Bonchev–Trinajstić information content (AvgIpc) is 3.47. The van der Waals surface area contributed by atoms with E-state index in [1.54, 1.807) is 24.4 Å². The third-order valence-corrected chi connectivity index (χ3v) is 7.66. The van der Waals surface area contributed by atoms with Gasteiger partial charge < -0.3 is 14.6 Å². The molecule has 3 aliphatic rings. The number of rotatable bonds is 6. The van der Waals surface area contributed by atoms with Crippen LogP contribution in [0.15, 0.2) is 42.9 Å². The van der Waals surface area contributed by atoms with Gasteiger partial charge in [-0.2, -0.15) is 13.2 Å². The van der Waals surface area contributed by atoms with Gasteiger partial charge in [0.2, 0.25) is 0 Å². The van der Waals surface area contributed by atoms with E-state index in [1.807, 2.05) is 11.0 Å². The molecule has 3 heterocycles. The van der Waals surface area contributed by atoms with Crippen molar-refractivity contribution in [1.82, 2.24) is 14.9 Å². The van der Waals surface area contributed by atoms with Crippen LogP contribution in [0.4, 0.5) is 13.2 Å². The zero-order chi connectivity index (χ0) is 26.4. The van der Waals surface area contributed by atoms with Gasteiger partial charge >= 0.3 is 12.1 Å². The molecule has 198 valence electrons. The van der Waals surface area contributed by atoms with Gasteiger partial charge in [0.25, 0.3) is 0 Å². The van der Waals surface area contributed by atoms with Gasteiger partial charge in [-0.1, -0.05) is 12.1 Å². The molecule has 1 aromatic heterocycles. The van der Waals surface area contributed by atoms with Crippen molar-refractivity contribution in [3.63, 3.8) is 0 Å². The lowest BCUT2D eigenvalue weighted by Gasteiger charge is -2.29. The molecule has 2 aromatic carbocycles. The van der Waals surface area contributed by atoms with Gasteiger partial charge in [-0.3, -0.25) is 9.69 Å². The molecule has 0 saturated carbocycles. The lowest BCUT2D eigenvalue weighted by atomic mass is 9.95. The Morgan fingerprint density at radius 2 is 2.03 bits per heavy atom. The molecule has 38 heavy (non-hydrogen) atoms. The summed E-state index contributed by atoms with van der Waals surface area (Å²) in [7, 11) is 0. The van der Waals surface area contributed by atoms with E-state index in [4.69, 9.17) is 14.6 Å². The standard InChI is InChI=1S/C28H26F3N3O4/c29-28(30,31)23-5-3-21-20(22(23)13-34-8-7-24-17(12-34)11-32-15-33-24)4-6-25(21)38-18-1-2-19-16(9-27(35)36)14-37-26(19)10-18/h1-3,5,10-11,15-16,25H,4,6-9,12-14H2,(H,35,36)/t16-,25-/m1/s1. The average molecular weight is 526 g/mol. The zero-order valence-corrected chi connectivity index (χ0v) is 20.5. The number of nitrogens with zero attached hydrogens (tertiary/aromatic N) is 3. The van der Waals surface area contributed by atoms with Crippen LogP contribution in [0.1, 0.15) is 63.9 Å². The Balaban J connectivity index is 1.25. The summed E-state index contributed by atoms with van der Waals surface area (Å²) in [5.41, 5.74) is 3.93. The van der Waals surface area contributed by atoms with Crippen molar-refractivity contribution in [3.05, 3.63) is 81.9 Å². The maximum atomic E-state index is 14.1. The highest BCUT2D eigenvalue weighted by Crippen LogP contribution is 2.44. The minimum atomic E-state index is -4.45. The molecular formula is C28H26F3N3O4. The predicted octanol–water partition coefficient (Wildman–Crippen LogP) is 5.07. The maximum Gasteiger partial charge on any atom is 0.416 e. The topological polar surface area (TPSA) is 84.8 Å². The molecule has 6 rings (SSSR count). The van der Waals surface area contributed by atoms with E-state index in [2.05, 4.69) is 9.97 Å². The normalized spacial score (nSPS) is 20.4. The smallest absolute Gasteiger partial charge is 0.416 e. The summed E-state index contributed by atoms with van der Waals surface area (Å²) >= 11 is 0. The predicted molar refractivity (Wildman–Crippen MR) is 130 cm³/mol. The summed E-state index contributed by atoms with van der Waals surface area (Å²) in [6.07, 6.45) is 0.135. The summed E-state index contributed by atoms with van der Waals surface area (Å²) in [5, 5.41) is 9.12. The minimum Gasteiger partial charge on any atom is -0.492 e. The summed E-state index contributed by atoms with van der Waals surface area (Å²) < 4.78 is 54.2. The van der Waals surface area contributed by atoms with Gasteiger partial charge in [0.05, 0.1) is 18.6 Å². The third kappa shape index (κ3) is 4.69. The van der Waals surface area contributed by atoms with Crippen LogP contribution in [0.3, 0.4) is 0 Å². The molecule has 2 aliphatic heterocycles. The lowest BCUT2D eigenvalue weighted by molar-refractivity contribution is -0.139. The second-order valence-corrected chi connectivity index (χ2v) is 10.1. The van der Waals surface area contributed by atoms with Gasteiger partial charge in [-0.15, -0.1) is 0 Å². The fourth-order valence-electron chi connectivity index (χ4n) is 5.87. The molecule has 2 atom stereocenters. The minimum absolute atomic E-state index is 0.0108. The molecule has 0 bridgehead atoms. The van der Waals surface area contributed by atoms with Crippen molar-refractivity contribution in [2.75, 3.05) is 13.2 Å². The van der Waals surface area contributed by atoms with Crippen LogP contribution in [0, 0.1) is 0 Å². The Hall–Kier alpha value is -3.66. The summed E-state index contributed by atoms with van der Waals surface area (Å²) in [4.78, 5) is 21.5. The number of aliphatic carboxylic acids is 1. The van der Waals surface area contributed by atoms with Crippen molar-refractivity contribution in [2.24, 2.45) is 0 Å².